The van der Waals surface area contributed by atoms with Crippen molar-refractivity contribution in [3.63, 3.8) is 0 Å². The van der Waals surface area contributed by atoms with Crippen LogP contribution in [0.1, 0.15) is 48.0 Å². The van der Waals surface area contributed by atoms with E-state index in [9.17, 15) is 9.59 Å². The van der Waals surface area contributed by atoms with Crippen LogP contribution in [-0.2, 0) is 16.1 Å². The number of allylic oxidation sites excluding steroid dienone is 1. The van der Waals surface area contributed by atoms with Crippen molar-refractivity contribution in [3.05, 3.63) is 41.6 Å². The molecule has 5 aliphatic rings. The highest BCUT2D eigenvalue weighted by Crippen LogP contribution is 2.37. The number of carbonyl (C=O) groups excluding carboxylic acids is 2. The topological polar surface area (TPSA) is 71.1 Å². The molecule has 6 rings (SSSR count). The van der Waals surface area contributed by atoms with Crippen molar-refractivity contribution in [2.75, 3.05) is 26.3 Å². The first-order valence-corrected chi connectivity index (χ1v) is 12.0. The molecule has 5 atom stereocenters. The fourth-order valence-corrected chi connectivity index (χ4v) is 6.33. The van der Waals surface area contributed by atoms with Gasteiger partial charge < -0.3 is 19.7 Å². The van der Waals surface area contributed by atoms with E-state index in [0.717, 1.165) is 49.7 Å². The normalized spacial score (nSPS) is 34.7. The van der Waals surface area contributed by atoms with Gasteiger partial charge in [0.2, 0.25) is 5.91 Å². The first-order chi connectivity index (χ1) is 15.6. The van der Waals surface area contributed by atoms with E-state index in [4.69, 9.17) is 9.47 Å². The second-order valence-electron chi connectivity index (χ2n) is 10.1. The third kappa shape index (κ3) is 3.42. The van der Waals surface area contributed by atoms with Gasteiger partial charge in [0, 0.05) is 48.8 Å². The number of ether oxygens (including phenoxy) is 2. The van der Waals surface area contributed by atoms with Crippen LogP contribution in [0.3, 0.4) is 0 Å². The molecule has 0 radical (unpaired) electrons. The van der Waals surface area contributed by atoms with Crippen molar-refractivity contribution in [2.24, 2.45) is 11.8 Å². The smallest absolute Gasteiger partial charge is 0.255 e. The summed E-state index contributed by atoms with van der Waals surface area (Å²) in [6.45, 7) is 8.35. The van der Waals surface area contributed by atoms with Gasteiger partial charge in [0.15, 0.2) is 0 Å². The van der Waals surface area contributed by atoms with Crippen LogP contribution in [0.4, 0.5) is 0 Å². The van der Waals surface area contributed by atoms with E-state index in [1.54, 1.807) is 4.90 Å². The van der Waals surface area contributed by atoms with Crippen LogP contribution in [-0.4, -0.2) is 66.1 Å². The Morgan fingerprint density at radius 2 is 1.91 bits per heavy atom. The zero-order valence-corrected chi connectivity index (χ0v) is 18.4. The second kappa shape index (κ2) is 7.89. The number of amides is 2. The summed E-state index contributed by atoms with van der Waals surface area (Å²) < 4.78 is 12.1. The maximum absolute atomic E-state index is 13.0. The number of benzene rings is 1. The Morgan fingerprint density at radius 3 is 2.69 bits per heavy atom. The number of nitrogens with one attached hydrogen (secondary N) is 1. The molecule has 3 saturated heterocycles. The van der Waals surface area contributed by atoms with E-state index in [2.05, 4.69) is 16.8 Å². The zero-order valence-electron chi connectivity index (χ0n) is 18.4. The molecular formula is C25H31N3O4. The Hall–Kier alpha value is -2.38. The van der Waals surface area contributed by atoms with Gasteiger partial charge in [-0.3, -0.25) is 14.5 Å². The first-order valence-electron chi connectivity index (χ1n) is 12.0. The van der Waals surface area contributed by atoms with Gasteiger partial charge in [-0.05, 0) is 55.9 Å². The lowest BCUT2D eigenvalue weighted by molar-refractivity contribution is -0.126. The number of rotatable bonds is 4. The Kier molecular flexibility index (Phi) is 4.99. The number of nitrogens with zero attached hydrogens (tertiary/aromatic N) is 2. The van der Waals surface area contributed by atoms with E-state index in [-0.39, 0.29) is 17.9 Å². The molecule has 170 valence electrons. The maximum atomic E-state index is 13.0. The summed E-state index contributed by atoms with van der Waals surface area (Å²) in [6.07, 6.45) is 4.97. The molecule has 7 heteroatoms. The highest BCUT2D eigenvalue weighted by atomic mass is 16.5. The molecule has 4 aliphatic heterocycles. The summed E-state index contributed by atoms with van der Waals surface area (Å²) >= 11 is 0. The zero-order chi connectivity index (χ0) is 21.8. The van der Waals surface area contributed by atoms with Crippen molar-refractivity contribution in [1.82, 2.24) is 15.1 Å². The molecule has 2 amide bonds. The summed E-state index contributed by atoms with van der Waals surface area (Å²) in [5.74, 6) is 2.00. The quantitative estimate of drug-likeness (QED) is 0.783. The van der Waals surface area contributed by atoms with Crippen molar-refractivity contribution in [2.45, 2.75) is 56.8 Å². The SMILES string of the molecule is C=C1CCC(N2Cc3cc(OC4CCCC4N4CC5COCC5C4)ccc3C2=O)C(=O)N1. The summed E-state index contributed by atoms with van der Waals surface area (Å²) in [5.41, 5.74) is 2.36. The van der Waals surface area contributed by atoms with Crippen molar-refractivity contribution in [3.8, 4) is 5.75 Å². The summed E-state index contributed by atoms with van der Waals surface area (Å²) in [6, 6.07) is 5.84. The van der Waals surface area contributed by atoms with Crippen LogP contribution in [0.15, 0.2) is 30.5 Å². The van der Waals surface area contributed by atoms with Crippen LogP contribution in [0, 0.1) is 11.8 Å². The second-order valence-corrected chi connectivity index (χ2v) is 10.1. The number of hydrogen-bond acceptors (Lipinski definition) is 5. The number of fused-ring (bicyclic) bond motifs is 2. The van der Waals surface area contributed by atoms with Gasteiger partial charge in [0.1, 0.15) is 17.9 Å². The lowest BCUT2D eigenvalue weighted by Crippen LogP contribution is -2.49. The average Bonchev–Trinajstić information content (AvgIpc) is 3.52. The molecule has 0 aromatic heterocycles. The van der Waals surface area contributed by atoms with Crippen LogP contribution < -0.4 is 10.1 Å². The Balaban J connectivity index is 1.14. The van der Waals surface area contributed by atoms with Crippen LogP contribution >= 0.6 is 0 Å². The maximum Gasteiger partial charge on any atom is 0.255 e. The molecule has 5 unspecified atom stereocenters. The minimum Gasteiger partial charge on any atom is -0.489 e. The Labute approximate surface area is 188 Å². The summed E-state index contributed by atoms with van der Waals surface area (Å²) in [5, 5.41) is 2.79. The predicted molar refractivity (Wildman–Crippen MR) is 118 cm³/mol. The summed E-state index contributed by atoms with van der Waals surface area (Å²) in [4.78, 5) is 29.7. The average molecular weight is 438 g/mol. The molecule has 32 heavy (non-hydrogen) atoms. The van der Waals surface area contributed by atoms with Gasteiger partial charge in [-0.1, -0.05) is 6.58 Å². The molecule has 1 N–H and O–H groups in total. The predicted octanol–water partition coefficient (Wildman–Crippen LogP) is 2.31. The molecule has 7 nitrogen and oxygen atoms in total. The minimum absolute atomic E-state index is 0.0659. The van der Waals surface area contributed by atoms with E-state index in [1.807, 2.05) is 18.2 Å². The van der Waals surface area contributed by atoms with Crippen LogP contribution in [0.2, 0.25) is 0 Å². The van der Waals surface area contributed by atoms with E-state index < -0.39 is 6.04 Å². The van der Waals surface area contributed by atoms with Gasteiger partial charge in [-0.15, -0.1) is 0 Å². The van der Waals surface area contributed by atoms with Crippen molar-refractivity contribution < 1.29 is 19.1 Å². The number of piperidine rings is 1. The fraction of sp³-hybridized carbons (Fsp3) is 0.600. The molecule has 1 saturated carbocycles. The van der Waals surface area contributed by atoms with Gasteiger partial charge >= 0.3 is 0 Å². The third-order valence-electron chi connectivity index (χ3n) is 8.05. The third-order valence-corrected chi connectivity index (χ3v) is 8.05. The molecule has 4 heterocycles. The fourth-order valence-electron chi connectivity index (χ4n) is 6.33. The number of carbonyl (C=O) groups is 2. The van der Waals surface area contributed by atoms with Gasteiger partial charge in [0.05, 0.1) is 13.2 Å². The molecule has 1 aromatic carbocycles. The van der Waals surface area contributed by atoms with E-state index in [0.29, 0.717) is 42.8 Å². The lowest BCUT2D eigenvalue weighted by atomic mass is 10.0. The van der Waals surface area contributed by atoms with Crippen LogP contribution in [0.25, 0.3) is 0 Å². The standard InChI is InChI=1S/C25H31N3O4/c1-15-5-8-22(24(29)26-15)28-12-16-9-19(6-7-20(16)25(28)30)32-23-4-2-3-21(23)27-10-17-13-31-14-18(17)11-27/h6-7,9,17-18,21-23H,1-5,8,10-14H2,(H,26,29). The van der Waals surface area contributed by atoms with Crippen LogP contribution in [0.5, 0.6) is 5.75 Å². The molecule has 1 aliphatic carbocycles. The van der Waals surface area contributed by atoms with Gasteiger partial charge in [-0.2, -0.15) is 0 Å². The van der Waals surface area contributed by atoms with Crippen molar-refractivity contribution in [1.29, 1.82) is 0 Å². The van der Waals surface area contributed by atoms with Crippen molar-refractivity contribution >= 4 is 11.8 Å². The highest BCUT2D eigenvalue weighted by Gasteiger charge is 2.44. The summed E-state index contributed by atoms with van der Waals surface area (Å²) in [7, 11) is 0. The van der Waals surface area contributed by atoms with Gasteiger partial charge in [-0.25, -0.2) is 0 Å². The minimum atomic E-state index is -0.428. The largest absolute Gasteiger partial charge is 0.489 e. The molecule has 1 aromatic rings. The Bertz CT molecular complexity index is 951. The molecule has 0 spiro atoms. The Morgan fingerprint density at radius 1 is 1.09 bits per heavy atom. The van der Waals surface area contributed by atoms with E-state index in [1.165, 1.54) is 12.8 Å². The molecule has 0 bridgehead atoms. The lowest BCUT2D eigenvalue weighted by Gasteiger charge is -2.31. The highest BCUT2D eigenvalue weighted by molar-refractivity contribution is 6.01. The molecular weight excluding hydrogens is 406 g/mol. The van der Waals surface area contributed by atoms with E-state index >= 15 is 0 Å². The first kappa shape index (κ1) is 20.2. The molecule has 4 fully saturated rings. The monoisotopic (exact) mass is 437 g/mol. The number of likely N-dealkylation sites (tertiary alicyclic amines) is 1. The number of hydrogen-bond donors (Lipinski definition) is 1. The van der Waals surface area contributed by atoms with Gasteiger partial charge in [0.25, 0.3) is 5.91 Å².